The number of aryl methyl sites for hydroxylation is 2. The monoisotopic (exact) mass is 259 g/mol. The van der Waals surface area contributed by atoms with Crippen molar-refractivity contribution in [2.24, 2.45) is 11.7 Å². The van der Waals surface area contributed by atoms with E-state index in [4.69, 9.17) is 5.73 Å². The lowest BCUT2D eigenvalue weighted by Crippen LogP contribution is -2.45. The molecule has 19 heavy (non-hydrogen) atoms. The van der Waals surface area contributed by atoms with Crippen LogP contribution in [0.5, 0.6) is 0 Å². The smallest absolute Gasteiger partial charge is 0.272 e. The predicted octanol–water partition coefficient (Wildman–Crippen LogP) is 1.65. The van der Waals surface area contributed by atoms with E-state index in [1.165, 1.54) is 6.42 Å². The molecule has 2 atom stereocenters. The van der Waals surface area contributed by atoms with Crippen molar-refractivity contribution in [2.45, 2.75) is 38.6 Å². The summed E-state index contributed by atoms with van der Waals surface area (Å²) in [6.45, 7) is 5.50. The fourth-order valence-corrected chi connectivity index (χ4v) is 3.39. The summed E-state index contributed by atoms with van der Waals surface area (Å²) < 4.78 is 0. The van der Waals surface area contributed by atoms with Crippen molar-refractivity contribution in [1.29, 1.82) is 0 Å². The molecule has 4 heteroatoms. The SMILES string of the molecule is Cc1cnc(C(=O)N2CC3CCCC3(N)C2)cc1C. The first-order valence-electron chi connectivity index (χ1n) is 7.01. The average Bonchev–Trinajstić information content (AvgIpc) is 2.86. The molecule has 2 aliphatic rings. The van der Waals surface area contributed by atoms with Gasteiger partial charge in [-0.15, -0.1) is 0 Å². The van der Waals surface area contributed by atoms with Crippen LogP contribution in [-0.2, 0) is 0 Å². The number of carbonyl (C=O) groups excluding carboxylic acids is 1. The topological polar surface area (TPSA) is 59.2 Å². The van der Waals surface area contributed by atoms with Gasteiger partial charge >= 0.3 is 0 Å². The predicted molar refractivity (Wildman–Crippen MR) is 73.9 cm³/mol. The van der Waals surface area contributed by atoms with E-state index in [2.05, 4.69) is 4.98 Å². The van der Waals surface area contributed by atoms with Crippen LogP contribution >= 0.6 is 0 Å². The number of amides is 1. The van der Waals surface area contributed by atoms with Gasteiger partial charge in [-0.05, 0) is 49.8 Å². The van der Waals surface area contributed by atoms with Crippen LogP contribution in [0, 0.1) is 19.8 Å². The standard InChI is InChI=1S/C15H21N3O/c1-10-6-13(17-7-11(10)2)14(19)18-8-12-4-3-5-15(12,16)9-18/h6-7,12H,3-5,8-9,16H2,1-2H3. The Labute approximate surface area is 114 Å². The highest BCUT2D eigenvalue weighted by Crippen LogP contribution is 2.39. The summed E-state index contributed by atoms with van der Waals surface area (Å²) in [5.41, 5.74) is 9.04. The summed E-state index contributed by atoms with van der Waals surface area (Å²) in [6, 6.07) is 1.88. The number of rotatable bonds is 1. The Bertz CT molecular complexity index is 528. The molecule has 1 aromatic heterocycles. The third-order valence-electron chi connectivity index (χ3n) is 4.81. The molecule has 0 aromatic carbocycles. The van der Waals surface area contributed by atoms with Crippen LogP contribution in [0.4, 0.5) is 0 Å². The lowest BCUT2D eigenvalue weighted by atomic mass is 9.92. The summed E-state index contributed by atoms with van der Waals surface area (Å²) in [5.74, 6) is 0.505. The molecule has 1 saturated carbocycles. The van der Waals surface area contributed by atoms with Crippen molar-refractivity contribution in [2.75, 3.05) is 13.1 Å². The second-order valence-electron chi connectivity index (χ2n) is 6.16. The second kappa shape index (κ2) is 4.30. The minimum absolute atomic E-state index is 0.0299. The van der Waals surface area contributed by atoms with E-state index in [-0.39, 0.29) is 11.4 Å². The van der Waals surface area contributed by atoms with E-state index < -0.39 is 0 Å². The van der Waals surface area contributed by atoms with Crippen molar-refractivity contribution in [3.05, 3.63) is 29.1 Å². The molecule has 0 radical (unpaired) electrons. The summed E-state index contributed by atoms with van der Waals surface area (Å²) in [5, 5.41) is 0. The summed E-state index contributed by atoms with van der Waals surface area (Å²) in [6.07, 6.45) is 5.17. The zero-order chi connectivity index (χ0) is 13.6. The Morgan fingerprint density at radius 1 is 1.47 bits per heavy atom. The van der Waals surface area contributed by atoms with Gasteiger partial charge in [-0.3, -0.25) is 9.78 Å². The van der Waals surface area contributed by atoms with Gasteiger partial charge < -0.3 is 10.6 Å². The number of nitrogens with zero attached hydrogens (tertiary/aromatic N) is 2. The normalized spacial score (nSPS) is 29.6. The van der Waals surface area contributed by atoms with Gasteiger partial charge in [-0.1, -0.05) is 6.42 Å². The van der Waals surface area contributed by atoms with Gasteiger partial charge in [0.1, 0.15) is 5.69 Å². The van der Waals surface area contributed by atoms with E-state index in [1.54, 1.807) is 6.20 Å². The van der Waals surface area contributed by atoms with Crippen molar-refractivity contribution in [1.82, 2.24) is 9.88 Å². The van der Waals surface area contributed by atoms with Gasteiger partial charge in [0.25, 0.3) is 5.91 Å². The summed E-state index contributed by atoms with van der Waals surface area (Å²) >= 11 is 0. The Balaban J connectivity index is 1.80. The molecule has 2 heterocycles. The molecule has 0 spiro atoms. The molecular weight excluding hydrogens is 238 g/mol. The van der Waals surface area contributed by atoms with E-state index in [9.17, 15) is 4.79 Å². The van der Waals surface area contributed by atoms with Gasteiger partial charge in [-0.2, -0.15) is 0 Å². The molecule has 102 valence electrons. The number of hydrogen-bond donors (Lipinski definition) is 1. The molecule has 2 fully saturated rings. The molecule has 1 aliphatic heterocycles. The first kappa shape index (κ1) is 12.6. The number of hydrogen-bond acceptors (Lipinski definition) is 3. The largest absolute Gasteiger partial charge is 0.335 e. The van der Waals surface area contributed by atoms with Crippen LogP contribution in [0.15, 0.2) is 12.3 Å². The number of nitrogens with two attached hydrogens (primary N) is 1. The number of likely N-dealkylation sites (tertiary alicyclic amines) is 1. The van der Waals surface area contributed by atoms with Gasteiger partial charge in [0, 0.05) is 24.8 Å². The quantitative estimate of drug-likeness (QED) is 0.834. The van der Waals surface area contributed by atoms with Crippen molar-refractivity contribution in [3.63, 3.8) is 0 Å². The zero-order valence-electron chi connectivity index (χ0n) is 11.6. The lowest BCUT2D eigenvalue weighted by molar-refractivity contribution is 0.0772. The molecule has 1 aromatic rings. The molecule has 4 nitrogen and oxygen atoms in total. The van der Waals surface area contributed by atoms with Crippen molar-refractivity contribution in [3.8, 4) is 0 Å². The minimum atomic E-state index is -0.143. The Kier molecular flexibility index (Phi) is 2.86. The van der Waals surface area contributed by atoms with Crippen LogP contribution in [0.1, 0.15) is 40.9 Å². The molecular formula is C15H21N3O. The molecule has 1 aliphatic carbocycles. The number of carbonyl (C=O) groups is 1. The third-order valence-corrected chi connectivity index (χ3v) is 4.81. The van der Waals surface area contributed by atoms with Crippen molar-refractivity contribution < 1.29 is 4.79 Å². The summed E-state index contributed by atoms with van der Waals surface area (Å²) in [4.78, 5) is 18.6. The zero-order valence-corrected chi connectivity index (χ0v) is 11.6. The van der Waals surface area contributed by atoms with Crippen LogP contribution in [-0.4, -0.2) is 34.4 Å². The van der Waals surface area contributed by atoms with Gasteiger partial charge in [0.05, 0.1) is 0 Å². The maximum atomic E-state index is 12.5. The van der Waals surface area contributed by atoms with Crippen LogP contribution < -0.4 is 5.73 Å². The maximum Gasteiger partial charge on any atom is 0.272 e. The van der Waals surface area contributed by atoms with Gasteiger partial charge in [0.15, 0.2) is 0 Å². The molecule has 1 amide bonds. The van der Waals surface area contributed by atoms with Gasteiger partial charge in [-0.25, -0.2) is 0 Å². The lowest BCUT2D eigenvalue weighted by Gasteiger charge is -2.23. The average molecular weight is 259 g/mol. The Morgan fingerprint density at radius 3 is 2.95 bits per heavy atom. The molecule has 2 N–H and O–H groups in total. The van der Waals surface area contributed by atoms with Gasteiger partial charge in [0.2, 0.25) is 0 Å². The first-order chi connectivity index (χ1) is 8.99. The third kappa shape index (κ3) is 2.04. The first-order valence-corrected chi connectivity index (χ1v) is 7.01. The Hall–Kier alpha value is -1.42. The number of aromatic nitrogens is 1. The summed E-state index contributed by atoms with van der Waals surface area (Å²) in [7, 11) is 0. The Morgan fingerprint density at radius 2 is 2.26 bits per heavy atom. The molecule has 3 rings (SSSR count). The van der Waals surface area contributed by atoms with Crippen molar-refractivity contribution >= 4 is 5.91 Å². The highest BCUT2D eigenvalue weighted by atomic mass is 16.2. The highest BCUT2D eigenvalue weighted by Gasteiger charge is 2.48. The van der Waals surface area contributed by atoms with E-state index >= 15 is 0 Å². The van der Waals surface area contributed by atoms with Crippen LogP contribution in [0.2, 0.25) is 0 Å². The second-order valence-corrected chi connectivity index (χ2v) is 6.16. The fourth-order valence-electron chi connectivity index (χ4n) is 3.39. The molecule has 1 saturated heterocycles. The van der Waals surface area contributed by atoms with E-state index in [0.717, 1.165) is 30.5 Å². The number of pyridine rings is 1. The minimum Gasteiger partial charge on any atom is -0.335 e. The van der Waals surface area contributed by atoms with E-state index in [0.29, 0.717) is 18.2 Å². The fraction of sp³-hybridized carbons (Fsp3) is 0.600. The highest BCUT2D eigenvalue weighted by molar-refractivity contribution is 5.92. The molecule has 2 unspecified atom stereocenters. The van der Waals surface area contributed by atoms with Crippen LogP contribution in [0.25, 0.3) is 0 Å². The van der Waals surface area contributed by atoms with E-state index in [1.807, 2.05) is 24.8 Å². The van der Waals surface area contributed by atoms with Crippen LogP contribution in [0.3, 0.4) is 0 Å². The molecule has 0 bridgehead atoms. The number of fused-ring (bicyclic) bond motifs is 1. The maximum absolute atomic E-state index is 12.5.